The van der Waals surface area contributed by atoms with Crippen LogP contribution in [0.15, 0.2) is 18.7 Å². The molecule has 0 N–H and O–H groups in total. The van der Waals surface area contributed by atoms with E-state index in [-0.39, 0.29) is 46.5 Å². The molecular formula is C10H21BrN2Na+. The Labute approximate surface area is 120 Å². The first kappa shape index (κ1) is 17.1. The van der Waals surface area contributed by atoms with E-state index in [0.29, 0.717) is 0 Å². The van der Waals surface area contributed by atoms with Crippen LogP contribution in [0.5, 0.6) is 0 Å². The monoisotopic (exact) mass is 271 g/mol. The summed E-state index contributed by atoms with van der Waals surface area (Å²) in [6.45, 7) is 3.41. The Morgan fingerprint density at radius 2 is 1.93 bits per heavy atom. The minimum atomic E-state index is 0. The van der Waals surface area contributed by atoms with Gasteiger partial charge in [-0.25, -0.2) is 9.13 Å². The molecule has 0 atom stereocenters. The van der Waals surface area contributed by atoms with E-state index >= 15 is 0 Å². The molecule has 0 unspecified atom stereocenters. The van der Waals surface area contributed by atoms with Crippen LogP contribution in [0.2, 0.25) is 0 Å². The molecule has 1 heterocycles. The van der Waals surface area contributed by atoms with Crippen molar-refractivity contribution in [2.45, 2.75) is 39.2 Å². The molecule has 1 aromatic heterocycles. The van der Waals surface area contributed by atoms with Gasteiger partial charge in [-0.05, 0) is 12.8 Å². The Hall–Kier alpha value is 0.690. The number of unbranched alkanes of at least 4 members (excludes halogenated alkanes) is 3. The van der Waals surface area contributed by atoms with Crippen LogP contribution in [-0.2, 0) is 13.6 Å². The Kier molecular flexibility index (Phi) is 12.5. The molecule has 0 amide bonds. The van der Waals surface area contributed by atoms with E-state index in [4.69, 9.17) is 0 Å². The third-order valence-corrected chi connectivity index (χ3v) is 2.09. The van der Waals surface area contributed by atoms with Crippen LogP contribution >= 0.6 is 17.0 Å². The molecule has 0 spiro atoms. The number of aryl methyl sites for hydroxylation is 2. The van der Waals surface area contributed by atoms with Crippen LogP contribution in [-0.4, -0.2) is 34.1 Å². The van der Waals surface area contributed by atoms with Gasteiger partial charge in [-0.2, -0.15) is 0 Å². The molecule has 0 bridgehead atoms. The molecule has 0 aliphatic carbocycles. The number of halogens is 1. The molecule has 0 saturated carbocycles. The number of aromatic nitrogens is 2. The molecule has 14 heavy (non-hydrogen) atoms. The van der Waals surface area contributed by atoms with Gasteiger partial charge in [0.2, 0.25) is 6.33 Å². The normalized spacial score (nSPS) is 9.00. The van der Waals surface area contributed by atoms with Crippen molar-refractivity contribution < 1.29 is 4.57 Å². The van der Waals surface area contributed by atoms with Gasteiger partial charge in [0.25, 0.3) is 0 Å². The fourth-order valence-electron chi connectivity index (χ4n) is 1.36. The third kappa shape index (κ3) is 7.04. The third-order valence-electron chi connectivity index (χ3n) is 2.09. The average Bonchev–Trinajstić information content (AvgIpc) is 2.45. The first-order valence-electron chi connectivity index (χ1n) is 4.84. The molecule has 1 rings (SSSR count). The Balaban J connectivity index is 0. The quantitative estimate of drug-likeness (QED) is 0.439. The summed E-state index contributed by atoms with van der Waals surface area (Å²) in [4.78, 5) is 0. The van der Waals surface area contributed by atoms with Gasteiger partial charge >= 0.3 is 29.6 Å². The van der Waals surface area contributed by atoms with Crippen LogP contribution in [0.3, 0.4) is 0 Å². The summed E-state index contributed by atoms with van der Waals surface area (Å²) in [7, 11) is 2.06. The van der Waals surface area contributed by atoms with Crippen molar-refractivity contribution in [1.29, 1.82) is 0 Å². The second kappa shape index (κ2) is 10.2. The summed E-state index contributed by atoms with van der Waals surface area (Å²) in [6.07, 6.45) is 11.7. The number of imidazole rings is 1. The first-order valence-corrected chi connectivity index (χ1v) is 4.84. The summed E-state index contributed by atoms with van der Waals surface area (Å²) in [5.41, 5.74) is 0. The van der Waals surface area contributed by atoms with Crippen LogP contribution in [0.4, 0.5) is 0 Å². The van der Waals surface area contributed by atoms with Crippen LogP contribution in [0.1, 0.15) is 32.6 Å². The molecule has 4 heteroatoms. The second-order valence-electron chi connectivity index (χ2n) is 3.38. The summed E-state index contributed by atoms with van der Waals surface area (Å²) in [6, 6.07) is 0. The van der Waals surface area contributed by atoms with Crippen molar-refractivity contribution in [3.05, 3.63) is 18.7 Å². The van der Waals surface area contributed by atoms with E-state index in [1.165, 1.54) is 32.2 Å². The van der Waals surface area contributed by atoms with Gasteiger partial charge in [0.05, 0.1) is 13.6 Å². The van der Waals surface area contributed by atoms with Crippen molar-refractivity contribution in [1.82, 2.24) is 4.57 Å². The number of rotatable bonds is 5. The summed E-state index contributed by atoms with van der Waals surface area (Å²) in [5.74, 6) is 0. The Bertz CT molecular complexity index is 226. The average molecular weight is 272 g/mol. The summed E-state index contributed by atoms with van der Waals surface area (Å²) < 4.78 is 4.33. The van der Waals surface area contributed by atoms with Gasteiger partial charge in [-0.15, -0.1) is 17.0 Å². The van der Waals surface area contributed by atoms with E-state index in [2.05, 4.69) is 41.8 Å². The SMILES string of the molecule is Br.CCCCCC[n+]1ccn(C)c1.[NaH]. The van der Waals surface area contributed by atoms with Crippen molar-refractivity contribution in [2.75, 3.05) is 0 Å². The zero-order valence-corrected chi connectivity index (χ0v) is 10.3. The number of hydrogen-bond acceptors (Lipinski definition) is 0. The van der Waals surface area contributed by atoms with Gasteiger partial charge in [-0.1, -0.05) is 19.8 Å². The molecule has 0 aromatic carbocycles. The fourth-order valence-corrected chi connectivity index (χ4v) is 1.36. The predicted molar refractivity (Wildman–Crippen MR) is 67.2 cm³/mol. The van der Waals surface area contributed by atoms with Crippen LogP contribution < -0.4 is 4.57 Å². The van der Waals surface area contributed by atoms with Crippen molar-refractivity contribution >= 4 is 46.5 Å². The molecule has 2 nitrogen and oxygen atoms in total. The topological polar surface area (TPSA) is 8.81 Å². The molecule has 0 fully saturated rings. The van der Waals surface area contributed by atoms with E-state index in [1.54, 1.807) is 0 Å². The maximum atomic E-state index is 2.25. The zero-order valence-electron chi connectivity index (χ0n) is 8.57. The Morgan fingerprint density at radius 3 is 2.43 bits per heavy atom. The van der Waals surface area contributed by atoms with E-state index in [1.807, 2.05) is 0 Å². The standard InChI is InChI=1S/C10H19N2.BrH.Na.H/c1-3-4-5-6-7-12-9-8-11(2)10-12;;;/h8-10H,3-7H2,1-2H3;1H;;/q+1;;;. The van der Waals surface area contributed by atoms with Crippen molar-refractivity contribution in [2.24, 2.45) is 7.05 Å². The van der Waals surface area contributed by atoms with Gasteiger partial charge in [0, 0.05) is 0 Å². The molecular weight excluding hydrogens is 251 g/mol. The molecule has 0 saturated heterocycles. The number of nitrogens with zero attached hydrogens (tertiary/aromatic N) is 2. The molecule has 0 radical (unpaired) electrons. The van der Waals surface area contributed by atoms with E-state index < -0.39 is 0 Å². The van der Waals surface area contributed by atoms with Gasteiger partial charge in [0.15, 0.2) is 0 Å². The van der Waals surface area contributed by atoms with Gasteiger partial charge in [0.1, 0.15) is 12.4 Å². The first-order chi connectivity index (χ1) is 5.83. The van der Waals surface area contributed by atoms with Crippen LogP contribution in [0, 0.1) is 0 Å². The molecule has 0 aliphatic heterocycles. The summed E-state index contributed by atoms with van der Waals surface area (Å²) >= 11 is 0. The van der Waals surface area contributed by atoms with Gasteiger partial charge in [-0.3, -0.25) is 0 Å². The predicted octanol–water partition coefficient (Wildman–Crippen LogP) is 1.82. The zero-order chi connectivity index (χ0) is 8.81. The Morgan fingerprint density at radius 1 is 1.21 bits per heavy atom. The summed E-state index contributed by atoms with van der Waals surface area (Å²) in [5, 5.41) is 0. The molecule has 78 valence electrons. The molecule has 1 aromatic rings. The number of hydrogen-bond donors (Lipinski definition) is 0. The van der Waals surface area contributed by atoms with Gasteiger partial charge < -0.3 is 0 Å². The fraction of sp³-hybridized carbons (Fsp3) is 0.700. The maximum absolute atomic E-state index is 2.25. The van der Waals surface area contributed by atoms with Crippen LogP contribution in [0.25, 0.3) is 0 Å². The second-order valence-corrected chi connectivity index (χ2v) is 3.38. The van der Waals surface area contributed by atoms with E-state index in [9.17, 15) is 0 Å². The molecule has 0 aliphatic rings. The van der Waals surface area contributed by atoms with Crippen molar-refractivity contribution in [3.63, 3.8) is 0 Å². The van der Waals surface area contributed by atoms with Crippen molar-refractivity contribution in [3.8, 4) is 0 Å². The van der Waals surface area contributed by atoms with E-state index in [0.717, 1.165) is 0 Å². The minimum absolute atomic E-state index is 0.